The van der Waals surface area contributed by atoms with Gasteiger partial charge in [-0.05, 0) is 61.1 Å². The zero-order chi connectivity index (χ0) is 17.6. The van der Waals surface area contributed by atoms with Crippen molar-refractivity contribution in [3.8, 4) is 0 Å². The van der Waals surface area contributed by atoms with Crippen molar-refractivity contribution in [2.24, 2.45) is 11.8 Å². The van der Waals surface area contributed by atoms with Crippen LogP contribution in [0.1, 0.15) is 28.3 Å². The molecule has 2 aromatic rings. The van der Waals surface area contributed by atoms with Gasteiger partial charge in [-0.15, -0.1) is 24.8 Å². The molecule has 5 heteroatoms. The Morgan fingerprint density at radius 1 is 0.963 bits per heavy atom. The van der Waals surface area contributed by atoms with Gasteiger partial charge in [0, 0.05) is 32.2 Å². The van der Waals surface area contributed by atoms with E-state index in [9.17, 15) is 4.39 Å². The fourth-order valence-corrected chi connectivity index (χ4v) is 4.93. The molecule has 2 nitrogen and oxygen atoms in total. The number of hydrogen-bond acceptors (Lipinski definition) is 2. The van der Waals surface area contributed by atoms with E-state index in [0.29, 0.717) is 12.0 Å². The average molecular weight is 411 g/mol. The minimum atomic E-state index is -0.108. The maximum absolute atomic E-state index is 13.5. The summed E-state index contributed by atoms with van der Waals surface area (Å²) in [6.45, 7) is 8.45. The standard InChI is InChI=1S/C22H27FN2.2ClH/c1-15-6-4-5-7-19(15)22-20-14-25(13-18(20)12-24(22)3)11-17-8-9-21(23)16(2)10-17;;/h4-10,18,20,22H,11-14H2,1-3H3;2*1H/t18-,20+,22+;;/m0../s1. The SMILES string of the molecule is Cc1cc(CN2C[C@@H]3CN(C)[C@H](c4ccccc4C)[C@@H]3C2)ccc1F.Cl.Cl. The minimum Gasteiger partial charge on any atom is -0.299 e. The fraction of sp³-hybridized carbons (Fsp3) is 0.455. The predicted molar refractivity (Wildman–Crippen MR) is 114 cm³/mol. The van der Waals surface area contributed by atoms with Crippen molar-refractivity contribution < 1.29 is 4.39 Å². The first-order valence-corrected chi connectivity index (χ1v) is 9.26. The summed E-state index contributed by atoms with van der Waals surface area (Å²) >= 11 is 0. The molecular formula is C22H29Cl2FN2. The Hall–Kier alpha value is -1.13. The van der Waals surface area contributed by atoms with Crippen molar-refractivity contribution in [1.82, 2.24) is 9.80 Å². The van der Waals surface area contributed by atoms with Crippen LogP contribution in [0, 0.1) is 31.5 Å². The average Bonchev–Trinajstić information content (AvgIpc) is 3.08. The highest BCUT2D eigenvalue weighted by Gasteiger charge is 2.46. The van der Waals surface area contributed by atoms with Crippen LogP contribution in [0.2, 0.25) is 0 Å². The van der Waals surface area contributed by atoms with Crippen molar-refractivity contribution in [2.45, 2.75) is 26.4 Å². The Labute approximate surface area is 174 Å². The third-order valence-corrected chi connectivity index (χ3v) is 6.11. The van der Waals surface area contributed by atoms with Crippen molar-refractivity contribution in [2.75, 3.05) is 26.7 Å². The zero-order valence-corrected chi connectivity index (χ0v) is 17.8. The molecule has 0 spiro atoms. The lowest BCUT2D eigenvalue weighted by atomic mass is 9.88. The second kappa shape index (κ2) is 8.91. The number of aryl methyl sites for hydroxylation is 2. The molecule has 0 unspecified atom stereocenters. The molecule has 0 N–H and O–H groups in total. The van der Waals surface area contributed by atoms with Crippen LogP contribution in [0.25, 0.3) is 0 Å². The Bertz CT molecular complexity index is 783. The van der Waals surface area contributed by atoms with Gasteiger partial charge in [0.05, 0.1) is 0 Å². The maximum atomic E-state index is 13.5. The Morgan fingerprint density at radius 2 is 1.70 bits per heavy atom. The second-order valence-corrected chi connectivity index (χ2v) is 7.94. The quantitative estimate of drug-likeness (QED) is 0.700. The van der Waals surface area contributed by atoms with E-state index >= 15 is 0 Å². The molecule has 2 saturated heterocycles. The monoisotopic (exact) mass is 410 g/mol. The van der Waals surface area contributed by atoms with Crippen LogP contribution in [-0.4, -0.2) is 36.5 Å². The molecule has 148 valence electrons. The van der Waals surface area contributed by atoms with Crippen LogP contribution >= 0.6 is 24.8 Å². The van der Waals surface area contributed by atoms with Crippen LogP contribution in [0.5, 0.6) is 0 Å². The molecule has 2 aliphatic rings. The van der Waals surface area contributed by atoms with E-state index in [-0.39, 0.29) is 30.6 Å². The Balaban J connectivity index is 0.00000131. The molecule has 2 aromatic carbocycles. The van der Waals surface area contributed by atoms with Gasteiger partial charge < -0.3 is 0 Å². The Kier molecular flexibility index (Phi) is 7.32. The van der Waals surface area contributed by atoms with Gasteiger partial charge in [0.15, 0.2) is 0 Å². The largest absolute Gasteiger partial charge is 0.299 e. The molecule has 2 fully saturated rings. The summed E-state index contributed by atoms with van der Waals surface area (Å²) in [5.41, 5.74) is 4.85. The van der Waals surface area contributed by atoms with Gasteiger partial charge in [-0.2, -0.15) is 0 Å². The number of fused-ring (bicyclic) bond motifs is 1. The van der Waals surface area contributed by atoms with E-state index in [4.69, 9.17) is 0 Å². The normalized spacial score (nSPS) is 25.0. The van der Waals surface area contributed by atoms with E-state index in [1.54, 1.807) is 6.07 Å². The molecule has 0 aliphatic carbocycles. The summed E-state index contributed by atoms with van der Waals surface area (Å²) in [7, 11) is 2.27. The molecule has 4 rings (SSSR count). The molecule has 0 amide bonds. The summed E-state index contributed by atoms with van der Waals surface area (Å²) in [6.07, 6.45) is 0. The van der Waals surface area contributed by atoms with E-state index in [1.807, 2.05) is 19.1 Å². The van der Waals surface area contributed by atoms with Crippen molar-refractivity contribution in [1.29, 1.82) is 0 Å². The van der Waals surface area contributed by atoms with Gasteiger partial charge in [0.25, 0.3) is 0 Å². The number of rotatable bonds is 3. The summed E-state index contributed by atoms with van der Waals surface area (Å²) in [4.78, 5) is 5.09. The van der Waals surface area contributed by atoms with Crippen LogP contribution in [-0.2, 0) is 6.54 Å². The lowest BCUT2D eigenvalue weighted by Crippen LogP contribution is -2.29. The smallest absolute Gasteiger partial charge is 0.126 e. The topological polar surface area (TPSA) is 6.48 Å². The zero-order valence-electron chi connectivity index (χ0n) is 16.2. The number of likely N-dealkylation sites (tertiary alicyclic amines) is 2. The second-order valence-electron chi connectivity index (χ2n) is 7.94. The van der Waals surface area contributed by atoms with Gasteiger partial charge in [0.2, 0.25) is 0 Å². The first-order valence-electron chi connectivity index (χ1n) is 9.26. The summed E-state index contributed by atoms with van der Waals surface area (Å²) < 4.78 is 13.5. The molecule has 0 bridgehead atoms. The maximum Gasteiger partial charge on any atom is 0.126 e. The van der Waals surface area contributed by atoms with E-state index in [1.165, 1.54) is 23.2 Å². The van der Waals surface area contributed by atoms with E-state index < -0.39 is 0 Å². The predicted octanol–water partition coefficient (Wildman–Crippen LogP) is 5.02. The van der Waals surface area contributed by atoms with Gasteiger partial charge in [-0.1, -0.05) is 36.4 Å². The summed E-state index contributed by atoms with van der Waals surface area (Å²) in [5, 5.41) is 0. The van der Waals surface area contributed by atoms with Gasteiger partial charge in [-0.25, -0.2) is 4.39 Å². The van der Waals surface area contributed by atoms with Crippen LogP contribution < -0.4 is 0 Å². The third kappa shape index (κ3) is 4.32. The third-order valence-electron chi connectivity index (χ3n) is 6.11. The number of nitrogens with zero attached hydrogens (tertiary/aromatic N) is 2. The minimum absolute atomic E-state index is 0. The van der Waals surface area contributed by atoms with Gasteiger partial charge in [0.1, 0.15) is 5.82 Å². The van der Waals surface area contributed by atoms with E-state index in [2.05, 4.69) is 48.0 Å². The highest BCUT2D eigenvalue weighted by atomic mass is 35.5. The van der Waals surface area contributed by atoms with Crippen molar-refractivity contribution in [3.05, 3.63) is 70.5 Å². The van der Waals surface area contributed by atoms with E-state index in [0.717, 1.165) is 31.1 Å². The molecule has 0 radical (unpaired) electrons. The molecular weight excluding hydrogens is 382 g/mol. The number of benzene rings is 2. The molecule has 0 saturated carbocycles. The van der Waals surface area contributed by atoms with Crippen molar-refractivity contribution in [3.63, 3.8) is 0 Å². The first-order chi connectivity index (χ1) is 12.0. The highest BCUT2D eigenvalue weighted by Crippen LogP contribution is 2.45. The van der Waals surface area contributed by atoms with Gasteiger partial charge in [-0.3, -0.25) is 9.80 Å². The number of halogens is 3. The lowest BCUT2D eigenvalue weighted by Gasteiger charge is -2.28. The first kappa shape index (κ1) is 22.2. The summed E-state index contributed by atoms with van der Waals surface area (Å²) in [6, 6.07) is 14.9. The molecule has 2 aliphatic heterocycles. The Morgan fingerprint density at radius 3 is 2.41 bits per heavy atom. The van der Waals surface area contributed by atoms with Crippen molar-refractivity contribution >= 4 is 24.8 Å². The fourth-order valence-electron chi connectivity index (χ4n) is 4.93. The number of hydrogen-bond donors (Lipinski definition) is 0. The summed E-state index contributed by atoms with van der Waals surface area (Å²) in [5.74, 6) is 1.31. The van der Waals surface area contributed by atoms with Crippen LogP contribution in [0.4, 0.5) is 4.39 Å². The van der Waals surface area contributed by atoms with Gasteiger partial charge >= 0.3 is 0 Å². The van der Waals surface area contributed by atoms with Crippen LogP contribution in [0.3, 0.4) is 0 Å². The lowest BCUT2D eigenvalue weighted by molar-refractivity contribution is 0.224. The molecule has 27 heavy (non-hydrogen) atoms. The van der Waals surface area contributed by atoms with Crippen LogP contribution in [0.15, 0.2) is 42.5 Å². The molecule has 0 aromatic heterocycles. The molecule has 2 heterocycles. The highest BCUT2D eigenvalue weighted by molar-refractivity contribution is 5.85. The molecule has 3 atom stereocenters.